The Morgan fingerprint density at radius 3 is 2.60 bits per heavy atom. The fourth-order valence-corrected chi connectivity index (χ4v) is 4.73. The number of hydrogen-bond acceptors (Lipinski definition) is 6. The average Bonchev–Trinajstić information content (AvgIpc) is 3.37. The van der Waals surface area contributed by atoms with Gasteiger partial charge in [-0.2, -0.15) is 9.78 Å². The van der Waals surface area contributed by atoms with Gasteiger partial charge in [-0.3, -0.25) is 4.79 Å². The van der Waals surface area contributed by atoms with Crippen molar-refractivity contribution in [2.24, 2.45) is 5.10 Å². The summed E-state index contributed by atoms with van der Waals surface area (Å²) < 4.78 is 6.75. The van der Waals surface area contributed by atoms with Crippen LogP contribution in [0.5, 0.6) is 0 Å². The highest BCUT2D eigenvalue weighted by atomic mass is 32.1. The molecule has 0 amide bonds. The minimum atomic E-state index is -0.204. The van der Waals surface area contributed by atoms with Crippen LogP contribution in [0.2, 0.25) is 0 Å². The molecular formula is C23H22N4O2S. The van der Waals surface area contributed by atoms with Gasteiger partial charge in [0.15, 0.2) is 0 Å². The fraction of sp³-hybridized carbons (Fsp3) is 0.261. The van der Waals surface area contributed by atoms with E-state index in [9.17, 15) is 4.79 Å². The van der Waals surface area contributed by atoms with Gasteiger partial charge in [-0.25, -0.2) is 4.98 Å². The molecule has 4 heterocycles. The topological polar surface area (TPSA) is 63.6 Å². The van der Waals surface area contributed by atoms with Gasteiger partial charge in [0.05, 0.1) is 17.9 Å². The van der Waals surface area contributed by atoms with Crippen LogP contribution in [0.25, 0.3) is 21.5 Å². The molecule has 0 atom stereocenters. The molecule has 7 heteroatoms. The van der Waals surface area contributed by atoms with Crippen LogP contribution in [-0.2, 0) is 0 Å². The summed E-state index contributed by atoms with van der Waals surface area (Å²) in [5.74, 6) is 0.658. The average molecular weight is 419 g/mol. The molecule has 1 aliphatic rings. The molecule has 1 aromatic carbocycles. The van der Waals surface area contributed by atoms with Crippen LogP contribution in [0.4, 0.5) is 5.69 Å². The number of hydrogen-bond donors (Lipinski definition) is 0. The van der Waals surface area contributed by atoms with E-state index in [0.717, 1.165) is 24.2 Å². The summed E-state index contributed by atoms with van der Waals surface area (Å²) in [5, 5.41) is 6.79. The maximum Gasteiger partial charge on any atom is 0.283 e. The van der Waals surface area contributed by atoms with Crippen molar-refractivity contribution in [1.82, 2.24) is 9.66 Å². The molecule has 0 bridgehead atoms. The number of anilines is 1. The summed E-state index contributed by atoms with van der Waals surface area (Å²) in [4.78, 5) is 20.5. The normalized spacial score (nSPS) is 15.1. The molecule has 0 aliphatic carbocycles. The highest BCUT2D eigenvalue weighted by molar-refractivity contribution is 7.17. The zero-order valence-corrected chi connectivity index (χ0v) is 17.3. The molecule has 4 aromatic rings. The third kappa shape index (κ3) is 3.68. The number of rotatable bonds is 4. The first-order chi connectivity index (χ1) is 14.8. The zero-order valence-electron chi connectivity index (χ0n) is 16.5. The molecule has 30 heavy (non-hydrogen) atoms. The van der Waals surface area contributed by atoms with Crippen molar-refractivity contribution in [2.45, 2.75) is 25.7 Å². The third-order valence-corrected chi connectivity index (χ3v) is 6.35. The van der Waals surface area contributed by atoms with Crippen LogP contribution in [-0.4, -0.2) is 29.0 Å². The van der Waals surface area contributed by atoms with Crippen LogP contribution in [0.15, 0.2) is 68.7 Å². The van der Waals surface area contributed by atoms with Gasteiger partial charge in [-0.15, -0.1) is 11.3 Å². The van der Waals surface area contributed by atoms with E-state index < -0.39 is 0 Å². The summed E-state index contributed by atoms with van der Waals surface area (Å²) in [6.07, 6.45) is 9.91. The fourth-order valence-electron chi connectivity index (χ4n) is 3.85. The van der Waals surface area contributed by atoms with E-state index >= 15 is 0 Å². The molecule has 0 saturated carbocycles. The highest BCUT2D eigenvalue weighted by Gasteiger charge is 2.15. The Morgan fingerprint density at radius 1 is 1.07 bits per heavy atom. The number of benzene rings is 1. The summed E-state index contributed by atoms with van der Waals surface area (Å²) in [5.41, 5.74) is 2.74. The van der Waals surface area contributed by atoms with Crippen LogP contribution in [0.1, 0.15) is 31.2 Å². The Kier molecular flexibility index (Phi) is 5.19. The Bertz CT molecular complexity index is 1210. The second-order valence-corrected chi connectivity index (χ2v) is 8.30. The lowest BCUT2D eigenvalue weighted by Gasteiger charge is -2.22. The van der Waals surface area contributed by atoms with Gasteiger partial charge in [0.1, 0.15) is 16.9 Å². The van der Waals surface area contributed by atoms with Crippen LogP contribution >= 0.6 is 11.3 Å². The first-order valence-electron chi connectivity index (χ1n) is 10.2. The number of thiophene rings is 1. The first kappa shape index (κ1) is 18.8. The molecule has 6 nitrogen and oxygen atoms in total. The molecule has 0 unspecified atom stereocenters. The number of fused-ring (bicyclic) bond motifs is 1. The maximum atomic E-state index is 13.0. The number of aromatic nitrogens is 2. The van der Waals surface area contributed by atoms with E-state index in [1.165, 1.54) is 53.7 Å². The lowest BCUT2D eigenvalue weighted by atomic mass is 10.2. The Morgan fingerprint density at radius 2 is 1.87 bits per heavy atom. The molecule has 1 aliphatic heterocycles. The van der Waals surface area contributed by atoms with Crippen LogP contribution < -0.4 is 10.5 Å². The molecule has 0 N–H and O–H groups in total. The van der Waals surface area contributed by atoms with E-state index in [4.69, 9.17) is 4.42 Å². The van der Waals surface area contributed by atoms with E-state index in [2.05, 4.69) is 27.1 Å². The Labute approximate surface area is 178 Å². The van der Waals surface area contributed by atoms with Gasteiger partial charge in [0.25, 0.3) is 5.56 Å². The van der Waals surface area contributed by atoms with E-state index in [0.29, 0.717) is 16.0 Å². The summed E-state index contributed by atoms with van der Waals surface area (Å²) >= 11 is 1.43. The summed E-state index contributed by atoms with van der Waals surface area (Å²) in [6.45, 7) is 2.24. The number of nitrogens with zero attached hydrogens (tertiary/aromatic N) is 4. The molecule has 1 saturated heterocycles. The second kappa shape index (κ2) is 8.28. The second-order valence-electron chi connectivity index (χ2n) is 7.44. The van der Waals surface area contributed by atoms with E-state index in [1.54, 1.807) is 18.5 Å². The lowest BCUT2D eigenvalue weighted by molar-refractivity contribution is 0.583. The minimum absolute atomic E-state index is 0.204. The van der Waals surface area contributed by atoms with E-state index in [-0.39, 0.29) is 5.56 Å². The zero-order chi connectivity index (χ0) is 20.3. The SMILES string of the molecule is O=c1c2c(-c3ccco3)csc2ncn1/N=C\c1ccc(N2CCCCCC2)cc1. The first-order valence-corrected chi connectivity index (χ1v) is 11.1. The minimum Gasteiger partial charge on any atom is -0.464 e. The predicted octanol–water partition coefficient (Wildman–Crippen LogP) is 4.98. The molecule has 0 spiro atoms. The largest absolute Gasteiger partial charge is 0.464 e. The van der Waals surface area contributed by atoms with Gasteiger partial charge < -0.3 is 9.32 Å². The van der Waals surface area contributed by atoms with Crippen molar-refractivity contribution in [3.8, 4) is 11.3 Å². The van der Waals surface area contributed by atoms with Crippen molar-refractivity contribution < 1.29 is 4.42 Å². The van der Waals surface area contributed by atoms with Gasteiger partial charge in [-0.1, -0.05) is 25.0 Å². The monoisotopic (exact) mass is 418 g/mol. The Balaban J connectivity index is 1.41. The Hall–Kier alpha value is -3.19. The summed E-state index contributed by atoms with van der Waals surface area (Å²) in [6, 6.07) is 12.0. The lowest BCUT2D eigenvalue weighted by Crippen LogP contribution is -2.23. The molecule has 0 radical (unpaired) electrons. The van der Waals surface area contributed by atoms with Crippen LogP contribution in [0, 0.1) is 0 Å². The molecule has 1 fully saturated rings. The standard InChI is InChI=1S/C23H22N4O2S/c28-23-21-19(20-6-5-13-29-20)15-30-22(21)24-16-27(23)25-14-17-7-9-18(10-8-17)26-11-3-1-2-4-12-26/h5-10,13-16H,1-4,11-12H2/b25-14-. The van der Waals surface area contributed by atoms with Gasteiger partial charge in [0.2, 0.25) is 0 Å². The van der Waals surface area contributed by atoms with Gasteiger partial charge in [-0.05, 0) is 42.7 Å². The van der Waals surface area contributed by atoms with Crippen molar-refractivity contribution in [3.63, 3.8) is 0 Å². The van der Waals surface area contributed by atoms with Crippen LogP contribution in [0.3, 0.4) is 0 Å². The van der Waals surface area contributed by atoms with Gasteiger partial charge in [0, 0.05) is 29.7 Å². The molecule has 5 rings (SSSR count). The third-order valence-electron chi connectivity index (χ3n) is 5.46. The van der Waals surface area contributed by atoms with Crippen molar-refractivity contribution >= 4 is 33.5 Å². The summed E-state index contributed by atoms with van der Waals surface area (Å²) in [7, 11) is 0. The molecular weight excluding hydrogens is 396 g/mol. The quantitative estimate of drug-likeness (QED) is 0.439. The van der Waals surface area contributed by atoms with Crippen molar-refractivity contribution in [3.05, 3.63) is 70.3 Å². The highest BCUT2D eigenvalue weighted by Crippen LogP contribution is 2.30. The van der Waals surface area contributed by atoms with Crippen molar-refractivity contribution in [1.29, 1.82) is 0 Å². The number of furan rings is 1. The predicted molar refractivity (Wildman–Crippen MR) is 122 cm³/mol. The smallest absolute Gasteiger partial charge is 0.283 e. The maximum absolute atomic E-state index is 13.0. The van der Waals surface area contributed by atoms with Gasteiger partial charge >= 0.3 is 0 Å². The van der Waals surface area contributed by atoms with Crippen molar-refractivity contribution in [2.75, 3.05) is 18.0 Å². The molecule has 3 aromatic heterocycles. The van der Waals surface area contributed by atoms with E-state index in [1.807, 2.05) is 23.6 Å². The molecule has 152 valence electrons.